The van der Waals surface area contributed by atoms with E-state index in [4.69, 9.17) is 0 Å². The summed E-state index contributed by atoms with van der Waals surface area (Å²) in [7, 11) is 1.97. The molecule has 2 heterocycles. The molecule has 0 radical (unpaired) electrons. The minimum Gasteiger partial charge on any atom is -0.388 e. The summed E-state index contributed by atoms with van der Waals surface area (Å²) in [6.45, 7) is 6.31. The Kier molecular flexibility index (Phi) is 5.15. The number of hydrogen-bond donors (Lipinski definition) is 1. The van der Waals surface area contributed by atoms with Crippen molar-refractivity contribution in [2.45, 2.75) is 44.7 Å². The van der Waals surface area contributed by atoms with Crippen LogP contribution in [0.3, 0.4) is 0 Å². The van der Waals surface area contributed by atoms with Gasteiger partial charge in [0.05, 0.1) is 0 Å². The van der Waals surface area contributed by atoms with Gasteiger partial charge in [0.1, 0.15) is 0 Å². The SMILES string of the molecule is CNc1ccc(CN2CCC(N3CCCCC3)CC2)cc1. The Balaban J connectivity index is 1.46. The lowest BCUT2D eigenvalue weighted by Gasteiger charge is -2.40. The van der Waals surface area contributed by atoms with Crippen LogP contribution in [0.25, 0.3) is 0 Å². The fraction of sp³-hybridized carbons (Fsp3) is 0.667. The summed E-state index contributed by atoms with van der Waals surface area (Å²) in [4.78, 5) is 5.37. The van der Waals surface area contributed by atoms with Crippen LogP contribution < -0.4 is 5.32 Å². The number of nitrogens with one attached hydrogen (secondary N) is 1. The van der Waals surface area contributed by atoms with Crippen LogP contribution in [-0.2, 0) is 6.54 Å². The highest BCUT2D eigenvalue weighted by atomic mass is 15.2. The summed E-state index contributed by atoms with van der Waals surface area (Å²) < 4.78 is 0. The van der Waals surface area contributed by atoms with Crippen LogP contribution in [0.1, 0.15) is 37.7 Å². The van der Waals surface area contributed by atoms with Crippen LogP contribution in [0.2, 0.25) is 0 Å². The molecular weight excluding hydrogens is 258 g/mol. The molecule has 0 bridgehead atoms. The molecule has 0 amide bonds. The highest BCUT2D eigenvalue weighted by Gasteiger charge is 2.25. The van der Waals surface area contributed by atoms with Crippen molar-refractivity contribution in [2.24, 2.45) is 0 Å². The number of anilines is 1. The van der Waals surface area contributed by atoms with Gasteiger partial charge in [0.2, 0.25) is 0 Å². The van der Waals surface area contributed by atoms with Crippen LogP contribution in [0, 0.1) is 0 Å². The Hall–Kier alpha value is -1.06. The molecule has 0 atom stereocenters. The van der Waals surface area contributed by atoms with Gasteiger partial charge in [0, 0.05) is 25.3 Å². The maximum atomic E-state index is 3.18. The number of likely N-dealkylation sites (tertiary alicyclic amines) is 2. The van der Waals surface area contributed by atoms with Gasteiger partial charge in [-0.15, -0.1) is 0 Å². The standard InChI is InChI=1S/C18H29N3/c1-19-17-7-5-16(6-8-17)15-20-13-9-18(10-14-20)21-11-3-2-4-12-21/h5-8,18-19H,2-4,9-15H2,1H3. The van der Waals surface area contributed by atoms with Gasteiger partial charge < -0.3 is 10.2 Å². The lowest BCUT2D eigenvalue weighted by molar-refractivity contribution is 0.0896. The molecule has 0 spiro atoms. The molecule has 1 N–H and O–H groups in total. The summed E-state index contributed by atoms with van der Waals surface area (Å²) in [5.74, 6) is 0. The molecule has 2 saturated heterocycles. The van der Waals surface area contributed by atoms with Gasteiger partial charge >= 0.3 is 0 Å². The highest BCUT2D eigenvalue weighted by molar-refractivity contribution is 5.43. The van der Waals surface area contributed by atoms with Gasteiger partial charge in [-0.25, -0.2) is 0 Å². The van der Waals surface area contributed by atoms with Gasteiger partial charge in [0.25, 0.3) is 0 Å². The third kappa shape index (κ3) is 3.98. The third-order valence-electron chi connectivity index (χ3n) is 5.11. The fourth-order valence-electron chi connectivity index (χ4n) is 3.76. The van der Waals surface area contributed by atoms with Crippen LogP contribution in [0.15, 0.2) is 24.3 Å². The first-order valence-corrected chi connectivity index (χ1v) is 8.58. The molecule has 0 aromatic heterocycles. The lowest BCUT2D eigenvalue weighted by Crippen LogP contribution is -2.46. The minimum absolute atomic E-state index is 0.855. The van der Waals surface area contributed by atoms with Crippen LogP contribution in [0.5, 0.6) is 0 Å². The predicted molar refractivity (Wildman–Crippen MR) is 89.7 cm³/mol. The average molecular weight is 287 g/mol. The number of piperidine rings is 2. The van der Waals surface area contributed by atoms with Crippen LogP contribution >= 0.6 is 0 Å². The molecule has 3 rings (SSSR count). The maximum Gasteiger partial charge on any atom is 0.0337 e. The smallest absolute Gasteiger partial charge is 0.0337 e. The van der Waals surface area contributed by atoms with Crippen molar-refractivity contribution in [3.63, 3.8) is 0 Å². The van der Waals surface area contributed by atoms with Crippen molar-refractivity contribution in [1.82, 2.24) is 9.80 Å². The molecule has 3 heteroatoms. The molecule has 2 aliphatic rings. The molecule has 2 aliphatic heterocycles. The molecule has 21 heavy (non-hydrogen) atoms. The summed E-state index contributed by atoms with van der Waals surface area (Å²) in [5, 5.41) is 3.18. The van der Waals surface area contributed by atoms with Crippen molar-refractivity contribution in [3.8, 4) is 0 Å². The predicted octanol–water partition coefficient (Wildman–Crippen LogP) is 3.18. The number of nitrogens with zero attached hydrogens (tertiary/aromatic N) is 2. The van der Waals surface area contributed by atoms with Crippen molar-refractivity contribution in [2.75, 3.05) is 38.5 Å². The zero-order valence-corrected chi connectivity index (χ0v) is 13.4. The number of hydrogen-bond acceptors (Lipinski definition) is 3. The van der Waals surface area contributed by atoms with Crippen LogP contribution in [-0.4, -0.2) is 49.1 Å². The summed E-state index contributed by atoms with van der Waals surface area (Å²) in [6, 6.07) is 9.71. The van der Waals surface area contributed by atoms with Crippen molar-refractivity contribution >= 4 is 5.69 Å². The van der Waals surface area contributed by atoms with Gasteiger partial charge in [-0.1, -0.05) is 18.6 Å². The fourth-order valence-corrected chi connectivity index (χ4v) is 3.76. The Labute approximate surface area is 129 Å². The van der Waals surface area contributed by atoms with Gasteiger partial charge in [-0.2, -0.15) is 0 Å². The molecule has 1 aromatic carbocycles. The van der Waals surface area contributed by atoms with E-state index in [1.54, 1.807) is 0 Å². The van der Waals surface area contributed by atoms with E-state index in [1.807, 2.05) is 7.05 Å². The second kappa shape index (κ2) is 7.28. The Bertz CT molecular complexity index is 415. The normalized spacial score (nSPS) is 22.3. The van der Waals surface area contributed by atoms with Crippen molar-refractivity contribution in [3.05, 3.63) is 29.8 Å². The summed E-state index contributed by atoms with van der Waals surface area (Å²) >= 11 is 0. The van der Waals surface area contributed by atoms with E-state index in [0.717, 1.165) is 12.6 Å². The summed E-state index contributed by atoms with van der Waals surface area (Å²) in [5.41, 5.74) is 2.63. The van der Waals surface area contributed by atoms with Crippen molar-refractivity contribution in [1.29, 1.82) is 0 Å². The average Bonchev–Trinajstić information content (AvgIpc) is 2.57. The zero-order chi connectivity index (χ0) is 14.5. The Morgan fingerprint density at radius 1 is 0.952 bits per heavy atom. The first-order chi connectivity index (χ1) is 10.3. The van der Waals surface area contributed by atoms with Crippen LogP contribution in [0.4, 0.5) is 5.69 Å². The zero-order valence-electron chi connectivity index (χ0n) is 13.4. The van der Waals surface area contributed by atoms with Gasteiger partial charge in [0.15, 0.2) is 0 Å². The second-order valence-electron chi connectivity index (χ2n) is 6.55. The van der Waals surface area contributed by atoms with E-state index >= 15 is 0 Å². The van der Waals surface area contributed by atoms with E-state index in [-0.39, 0.29) is 0 Å². The van der Waals surface area contributed by atoms with E-state index in [0.29, 0.717) is 0 Å². The Morgan fingerprint density at radius 2 is 1.62 bits per heavy atom. The molecule has 1 aromatic rings. The quantitative estimate of drug-likeness (QED) is 0.917. The maximum absolute atomic E-state index is 3.18. The first-order valence-electron chi connectivity index (χ1n) is 8.58. The topological polar surface area (TPSA) is 18.5 Å². The van der Waals surface area contributed by atoms with Gasteiger partial charge in [-0.05, 0) is 69.6 Å². The van der Waals surface area contributed by atoms with E-state index in [9.17, 15) is 0 Å². The first kappa shape index (κ1) is 14.9. The molecule has 116 valence electrons. The van der Waals surface area contributed by atoms with E-state index in [1.165, 1.54) is 69.5 Å². The molecule has 0 aliphatic carbocycles. The third-order valence-corrected chi connectivity index (χ3v) is 5.11. The Morgan fingerprint density at radius 3 is 2.24 bits per heavy atom. The van der Waals surface area contributed by atoms with E-state index in [2.05, 4.69) is 39.4 Å². The largest absolute Gasteiger partial charge is 0.388 e. The molecule has 3 nitrogen and oxygen atoms in total. The highest BCUT2D eigenvalue weighted by Crippen LogP contribution is 2.22. The number of rotatable bonds is 4. The summed E-state index contributed by atoms with van der Waals surface area (Å²) in [6.07, 6.45) is 6.98. The molecule has 0 unspecified atom stereocenters. The molecule has 2 fully saturated rings. The molecular formula is C18H29N3. The number of benzene rings is 1. The van der Waals surface area contributed by atoms with E-state index < -0.39 is 0 Å². The second-order valence-corrected chi connectivity index (χ2v) is 6.55. The molecule has 0 saturated carbocycles. The van der Waals surface area contributed by atoms with Gasteiger partial charge in [-0.3, -0.25) is 4.90 Å². The van der Waals surface area contributed by atoms with Crippen molar-refractivity contribution < 1.29 is 0 Å². The minimum atomic E-state index is 0.855. The monoisotopic (exact) mass is 287 g/mol. The lowest BCUT2D eigenvalue weighted by atomic mass is 9.99.